The number of aromatic nitrogens is 5. The Morgan fingerprint density at radius 2 is 1.75 bits per heavy atom. The number of piperazine rings is 1. The van der Waals surface area contributed by atoms with E-state index in [2.05, 4.69) is 24.9 Å². The number of amides is 1. The number of alkyl halides is 3. The Hall–Kier alpha value is -3.44. The molecule has 0 atom stereocenters. The lowest BCUT2D eigenvalue weighted by molar-refractivity contribution is -0.144. The lowest BCUT2D eigenvalue weighted by Crippen LogP contribution is -2.48. The molecule has 0 unspecified atom stereocenters. The number of hydrogen-bond acceptors (Lipinski definition) is 7. The number of H-pyrrole nitrogens is 1. The molecule has 0 aromatic carbocycles. The molecule has 1 fully saturated rings. The van der Waals surface area contributed by atoms with E-state index in [9.17, 15) is 18.0 Å². The standard InChI is InChI=1S/C16H15F3N8O/c17-16(18,19)15-24-12-10(22-8-23-12)14(25-15)27-6-4-26(5-7-27)13-9(11(20)28)2-1-3-21-13/h1-3,8H,4-7H2,(H2,20,28)(H,22,23,24,25). The molecule has 28 heavy (non-hydrogen) atoms. The number of rotatable bonds is 3. The van der Waals surface area contributed by atoms with Gasteiger partial charge in [-0.05, 0) is 12.1 Å². The van der Waals surface area contributed by atoms with Crippen LogP contribution >= 0.6 is 0 Å². The van der Waals surface area contributed by atoms with Gasteiger partial charge in [0.2, 0.25) is 5.82 Å². The number of anilines is 2. The van der Waals surface area contributed by atoms with Crippen LogP contribution in [0.5, 0.6) is 0 Å². The third-order valence-corrected chi connectivity index (χ3v) is 4.45. The molecule has 0 radical (unpaired) electrons. The summed E-state index contributed by atoms with van der Waals surface area (Å²) < 4.78 is 39.4. The topological polar surface area (TPSA) is 117 Å². The molecule has 1 saturated heterocycles. The van der Waals surface area contributed by atoms with E-state index in [1.54, 1.807) is 23.2 Å². The monoisotopic (exact) mass is 392 g/mol. The van der Waals surface area contributed by atoms with Crippen LogP contribution < -0.4 is 15.5 Å². The van der Waals surface area contributed by atoms with Crippen molar-refractivity contribution in [1.29, 1.82) is 0 Å². The molecular weight excluding hydrogens is 377 g/mol. The maximum atomic E-state index is 13.1. The average Bonchev–Trinajstić information content (AvgIpc) is 3.15. The third-order valence-electron chi connectivity index (χ3n) is 4.45. The van der Waals surface area contributed by atoms with E-state index in [-0.39, 0.29) is 11.5 Å². The Balaban J connectivity index is 1.61. The van der Waals surface area contributed by atoms with Crippen molar-refractivity contribution >= 4 is 28.7 Å². The molecule has 1 amide bonds. The van der Waals surface area contributed by atoms with Gasteiger partial charge >= 0.3 is 6.18 Å². The van der Waals surface area contributed by atoms with Gasteiger partial charge in [-0.1, -0.05) is 0 Å². The SMILES string of the molecule is NC(=O)c1cccnc1N1CCN(c2nc(C(F)(F)F)nc3nc[nH]c23)CC1. The van der Waals surface area contributed by atoms with Gasteiger partial charge in [0.25, 0.3) is 5.91 Å². The van der Waals surface area contributed by atoms with E-state index >= 15 is 0 Å². The van der Waals surface area contributed by atoms with Crippen molar-refractivity contribution in [3.8, 4) is 0 Å². The lowest BCUT2D eigenvalue weighted by atomic mass is 10.2. The molecule has 0 spiro atoms. The van der Waals surface area contributed by atoms with E-state index in [0.29, 0.717) is 43.1 Å². The summed E-state index contributed by atoms with van der Waals surface area (Å²) in [7, 11) is 0. The van der Waals surface area contributed by atoms with Crippen LogP contribution in [0.2, 0.25) is 0 Å². The minimum absolute atomic E-state index is 0.0412. The fourth-order valence-corrected chi connectivity index (χ4v) is 3.14. The molecule has 3 N–H and O–H groups in total. The fourth-order valence-electron chi connectivity index (χ4n) is 3.14. The van der Waals surface area contributed by atoms with Gasteiger partial charge in [0.1, 0.15) is 11.3 Å². The molecule has 9 nitrogen and oxygen atoms in total. The maximum absolute atomic E-state index is 13.1. The fraction of sp³-hybridized carbons (Fsp3) is 0.312. The summed E-state index contributed by atoms with van der Waals surface area (Å²) in [6.45, 7) is 1.60. The third kappa shape index (κ3) is 3.17. The normalized spacial score (nSPS) is 15.2. The number of nitrogens with two attached hydrogens (primary N) is 1. The van der Waals surface area contributed by atoms with Gasteiger partial charge in [-0.15, -0.1) is 0 Å². The van der Waals surface area contributed by atoms with E-state index in [4.69, 9.17) is 5.73 Å². The number of aromatic amines is 1. The Morgan fingerprint density at radius 1 is 1.07 bits per heavy atom. The highest BCUT2D eigenvalue weighted by atomic mass is 19.4. The molecule has 3 aromatic rings. The second-order valence-electron chi connectivity index (χ2n) is 6.18. The zero-order valence-corrected chi connectivity index (χ0v) is 14.4. The summed E-state index contributed by atoms with van der Waals surface area (Å²) in [5.74, 6) is -1.22. The second kappa shape index (κ2) is 6.62. The van der Waals surface area contributed by atoms with Crippen molar-refractivity contribution in [1.82, 2.24) is 24.9 Å². The molecule has 0 saturated carbocycles. The minimum atomic E-state index is -4.67. The van der Waals surface area contributed by atoms with Crippen LogP contribution in [-0.4, -0.2) is 57.0 Å². The number of fused-ring (bicyclic) bond motifs is 1. The summed E-state index contributed by atoms with van der Waals surface area (Å²) >= 11 is 0. The Labute approximate surface area is 156 Å². The quantitative estimate of drug-likeness (QED) is 0.688. The van der Waals surface area contributed by atoms with E-state index in [1.165, 1.54) is 6.33 Å². The van der Waals surface area contributed by atoms with Crippen LogP contribution in [0.15, 0.2) is 24.7 Å². The maximum Gasteiger partial charge on any atom is 0.451 e. The van der Waals surface area contributed by atoms with Gasteiger partial charge in [-0.2, -0.15) is 13.2 Å². The summed E-state index contributed by atoms with van der Waals surface area (Å²) in [6, 6.07) is 3.21. The van der Waals surface area contributed by atoms with E-state index < -0.39 is 17.9 Å². The van der Waals surface area contributed by atoms with Gasteiger partial charge in [-0.25, -0.2) is 19.9 Å². The first-order chi connectivity index (χ1) is 13.3. The summed E-state index contributed by atoms with van der Waals surface area (Å²) in [6.07, 6.45) is -1.83. The number of primary amides is 1. The van der Waals surface area contributed by atoms with Crippen LogP contribution in [0, 0.1) is 0 Å². The average molecular weight is 392 g/mol. The first kappa shape index (κ1) is 17.9. The highest BCUT2D eigenvalue weighted by Crippen LogP contribution is 2.31. The molecule has 0 bridgehead atoms. The predicted molar refractivity (Wildman–Crippen MR) is 93.9 cm³/mol. The van der Waals surface area contributed by atoms with E-state index in [1.807, 2.05) is 4.90 Å². The van der Waals surface area contributed by atoms with Gasteiger partial charge in [0.15, 0.2) is 11.5 Å². The first-order valence-electron chi connectivity index (χ1n) is 8.37. The first-order valence-corrected chi connectivity index (χ1v) is 8.37. The molecule has 1 aliphatic rings. The number of imidazole rings is 1. The van der Waals surface area contributed by atoms with Crippen molar-refractivity contribution in [3.05, 3.63) is 36.0 Å². The zero-order chi connectivity index (χ0) is 19.9. The van der Waals surface area contributed by atoms with Crippen molar-refractivity contribution in [2.24, 2.45) is 5.73 Å². The van der Waals surface area contributed by atoms with Gasteiger partial charge < -0.3 is 20.5 Å². The lowest BCUT2D eigenvalue weighted by Gasteiger charge is -2.36. The van der Waals surface area contributed by atoms with Crippen molar-refractivity contribution < 1.29 is 18.0 Å². The number of hydrogen-bond donors (Lipinski definition) is 2. The van der Waals surface area contributed by atoms with Crippen molar-refractivity contribution in [2.75, 3.05) is 36.0 Å². The second-order valence-corrected chi connectivity index (χ2v) is 6.18. The van der Waals surface area contributed by atoms with Crippen LogP contribution in [0.4, 0.5) is 24.8 Å². The Kier molecular flexibility index (Phi) is 4.24. The molecule has 4 heterocycles. The van der Waals surface area contributed by atoms with Gasteiger partial charge in [-0.3, -0.25) is 4.79 Å². The number of carbonyl (C=O) groups is 1. The number of nitrogens with one attached hydrogen (secondary N) is 1. The Bertz CT molecular complexity index is 1030. The number of pyridine rings is 1. The molecule has 3 aromatic heterocycles. The summed E-state index contributed by atoms with van der Waals surface area (Å²) in [5.41, 5.74) is 6.00. The van der Waals surface area contributed by atoms with Crippen molar-refractivity contribution in [2.45, 2.75) is 6.18 Å². The van der Waals surface area contributed by atoms with Gasteiger partial charge in [0.05, 0.1) is 11.9 Å². The smallest absolute Gasteiger partial charge is 0.365 e. The number of carbonyl (C=O) groups excluding carboxylic acids is 1. The highest BCUT2D eigenvalue weighted by Gasteiger charge is 2.37. The predicted octanol–water partition coefficient (Wildman–Crippen LogP) is 1.19. The zero-order valence-electron chi connectivity index (χ0n) is 14.4. The number of nitrogens with zero attached hydrogens (tertiary/aromatic N) is 6. The molecule has 12 heteroatoms. The number of halogens is 3. The molecule has 1 aliphatic heterocycles. The van der Waals surface area contributed by atoms with Crippen LogP contribution in [0.3, 0.4) is 0 Å². The van der Waals surface area contributed by atoms with Gasteiger partial charge in [0, 0.05) is 32.4 Å². The van der Waals surface area contributed by atoms with Crippen LogP contribution in [-0.2, 0) is 6.18 Å². The summed E-state index contributed by atoms with van der Waals surface area (Å²) in [4.78, 5) is 33.3. The molecule has 0 aliphatic carbocycles. The summed E-state index contributed by atoms with van der Waals surface area (Å²) in [5, 5.41) is 0. The van der Waals surface area contributed by atoms with Crippen molar-refractivity contribution in [3.63, 3.8) is 0 Å². The van der Waals surface area contributed by atoms with Crippen LogP contribution in [0.1, 0.15) is 16.2 Å². The van der Waals surface area contributed by atoms with Crippen LogP contribution in [0.25, 0.3) is 11.2 Å². The largest absolute Gasteiger partial charge is 0.451 e. The molecular formula is C16H15F3N8O. The highest BCUT2D eigenvalue weighted by molar-refractivity contribution is 5.97. The van der Waals surface area contributed by atoms with E-state index in [0.717, 1.165) is 0 Å². The molecule has 146 valence electrons. The minimum Gasteiger partial charge on any atom is -0.365 e. The Morgan fingerprint density at radius 3 is 2.39 bits per heavy atom. The molecule has 4 rings (SSSR count).